The number of carbonyl (C=O) groups is 1. The lowest BCUT2D eigenvalue weighted by molar-refractivity contribution is -0.135. The van der Waals surface area contributed by atoms with Crippen LogP contribution in [0.1, 0.15) is 0 Å². The molecular formula is C8H9ClN2O2. The SMILES string of the molecule is CN(CC(=O)O)c1ccc(Cl)nc1. The summed E-state index contributed by atoms with van der Waals surface area (Å²) in [6.07, 6.45) is 1.53. The van der Waals surface area contributed by atoms with E-state index in [1.807, 2.05) is 0 Å². The summed E-state index contributed by atoms with van der Waals surface area (Å²) in [6.45, 7) is -0.0523. The fourth-order valence-electron chi connectivity index (χ4n) is 0.888. The maximum atomic E-state index is 10.4. The van der Waals surface area contributed by atoms with Crippen molar-refractivity contribution in [3.8, 4) is 0 Å². The van der Waals surface area contributed by atoms with Crippen LogP contribution in [0.15, 0.2) is 18.3 Å². The summed E-state index contributed by atoms with van der Waals surface area (Å²) in [5, 5.41) is 8.91. The molecule has 0 aromatic carbocycles. The molecular weight excluding hydrogens is 192 g/mol. The lowest BCUT2D eigenvalue weighted by Gasteiger charge is -2.15. The Bertz CT molecular complexity index is 300. The molecule has 1 N–H and O–H groups in total. The Hall–Kier alpha value is -1.29. The number of aliphatic carboxylic acids is 1. The van der Waals surface area contributed by atoms with Crippen molar-refractivity contribution < 1.29 is 9.90 Å². The van der Waals surface area contributed by atoms with Crippen LogP contribution >= 0.6 is 11.6 Å². The van der Waals surface area contributed by atoms with Crippen LogP contribution in [0.4, 0.5) is 5.69 Å². The molecule has 0 aliphatic heterocycles. The molecule has 1 aromatic heterocycles. The largest absolute Gasteiger partial charge is 0.480 e. The fraction of sp³-hybridized carbons (Fsp3) is 0.250. The predicted octanol–water partition coefficient (Wildman–Crippen LogP) is 1.26. The minimum absolute atomic E-state index is 0.0523. The molecule has 0 atom stereocenters. The van der Waals surface area contributed by atoms with Crippen molar-refractivity contribution in [2.75, 3.05) is 18.5 Å². The molecule has 0 unspecified atom stereocenters. The quantitative estimate of drug-likeness (QED) is 0.747. The molecule has 70 valence electrons. The van der Waals surface area contributed by atoms with Gasteiger partial charge in [0.15, 0.2) is 0 Å². The molecule has 1 heterocycles. The summed E-state index contributed by atoms with van der Waals surface area (Å²) >= 11 is 5.58. The Labute approximate surface area is 80.8 Å². The molecule has 1 aromatic rings. The molecule has 0 spiro atoms. The van der Waals surface area contributed by atoms with Crippen molar-refractivity contribution in [2.45, 2.75) is 0 Å². The van der Waals surface area contributed by atoms with Gasteiger partial charge in [-0.3, -0.25) is 4.79 Å². The topological polar surface area (TPSA) is 53.4 Å². The molecule has 0 saturated heterocycles. The van der Waals surface area contributed by atoms with E-state index >= 15 is 0 Å². The average Bonchev–Trinajstić information content (AvgIpc) is 2.04. The zero-order valence-corrected chi connectivity index (χ0v) is 7.82. The van der Waals surface area contributed by atoms with E-state index in [0.29, 0.717) is 5.15 Å². The van der Waals surface area contributed by atoms with E-state index in [1.54, 1.807) is 24.1 Å². The number of carboxylic acid groups (broad SMARTS) is 1. The van der Waals surface area contributed by atoms with Crippen molar-refractivity contribution in [2.24, 2.45) is 0 Å². The molecule has 5 heteroatoms. The van der Waals surface area contributed by atoms with E-state index in [0.717, 1.165) is 5.69 Å². The number of carboxylic acids is 1. The highest BCUT2D eigenvalue weighted by Gasteiger charge is 2.04. The predicted molar refractivity (Wildman–Crippen MR) is 50.2 cm³/mol. The fourth-order valence-corrected chi connectivity index (χ4v) is 1.000. The van der Waals surface area contributed by atoms with Crippen LogP contribution in [-0.2, 0) is 4.79 Å². The van der Waals surface area contributed by atoms with Crippen LogP contribution in [0.2, 0.25) is 5.15 Å². The molecule has 4 nitrogen and oxygen atoms in total. The van der Waals surface area contributed by atoms with Crippen LogP contribution in [0.25, 0.3) is 0 Å². The minimum Gasteiger partial charge on any atom is -0.480 e. The highest BCUT2D eigenvalue weighted by atomic mass is 35.5. The van der Waals surface area contributed by atoms with E-state index in [-0.39, 0.29) is 6.54 Å². The standard InChI is InChI=1S/C8H9ClN2O2/c1-11(5-8(12)13)6-2-3-7(9)10-4-6/h2-4H,5H2,1H3,(H,12,13). The van der Waals surface area contributed by atoms with Gasteiger partial charge in [0, 0.05) is 7.05 Å². The van der Waals surface area contributed by atoms with Crippen molar-refractivity contribution >= 4 is 23.3 Å². The van der Waals surface area contributed by atoms with E-state index in [4.69, 9.17) is 16.7 Å². The number of aromatic nitrogens is 1. The number of nitrogens with zero attached hydrogens (tertiary/aromatic N) is 2. The second kappa shape index (κ2) is 4.09. The Morgan fingerprint density at radius 1 is 1.69 bits per heavy atom. The Balaban J connectivity index is 2.71. The van der Waals surface area contributed by atoms with Crippen molar-refractivity contribution in [3.63, 3.8) is 0 Å². The summed E-state index contributed by atoms with van der Waals surface area (Å²) in [5.74, 6) is -0.877. The van der Waals surface area contributed by atoms with Gasteiger partial charge in [0.25, 0.3) is 0 Å². The third kappa shape index (κ3) is 2.91. The van der Waals surface area contributed by atoms with Crippen LogP contribution in [0, 0.1) is 0 Å². The van der Waals surface area contributed by atoms with E-state index in [1.165, 1.54) is 6.20 Å². The first-order valence-electron chi connectivity index (χ1n) is 3.64. The Morgan fingerprint density at radius 2 is 2.38 bits per heavy atom. The maximum absolute atomic E-state index is 10.4. The van der Waals surface area contributed by atoms with E-state index in [2.05, 4.69) is 4.98 Å². The number of likely N-dealkylation sites (N-methyl/N-ethyl adjacent to an activating group) is 1. The summed E-state index contributed by atoms with van der Waals surface area (Å²) in [7, 11) is 1.68. The number of rotatable bonds is 3. The summed E-state index contributed by atoms with van der Waals surface area (Å²) in [6, 6.07) is 3.34. The number of halogens is 1. The van der Waals surface area contributed by atoms with Crippen LogP contribution < -0.4 is 4.90 Å². The van der Waals surface area contributed by atoms with Gasteiger partial charge in [0.05, 0.1) is 11.9 Å². The summed E-state index contributed by atoms with van der Waals surface area (Å²) < 4.78 is 0. The Morgan fingerprint density at radius 3 is 2.85 bits per heavy atom. The van der Waals surface area contributed by atoms with Gasteiger partial charge in [0.1, 0.15) is 11.7 Å². The van der Waals surface area contributed by atoms with Gasteiger partial charge >= 0.3 is 5.97 Å². The highest BCUT2D eigenvalue weighted by Crippen LogP contribution is 2.12. The number of anilines is 1. The normalized spacial score (nSPS) is 9.69. The van der Waals surface area contributed by atoms with Crippen LogP contribution in [0.5, 0.6) is 0 Å². The van der Waals surface area contributed by atoms with Crippen LogP contribution in [0.3, 0.4) is 0 Å². The van der Waals surface area contributed by atoms with Gasteiger partial charge < -0.3 is 10.0 Å². The second-order valence-corrected chi connectivity index (χ2v) is 2.98. The molecule has 0 fully saturated rings. The number of pyridine rings is 1. The summed E-state index contributed by atoms with van der Waals surface area (Å²) in [4.78, 5) is 15.8. The first-order chi connectivity index (χ1) is 6.09. The van der Waals surface area contributed by atoms with E-state index < -0.39 is 5.97 Å². The minimum atomic E-state index is -0.877. The third-order valence-corrected chi connectivity index (χ3v) is 1.75. The molecule has 13 heavy (non-hydrogen) atoms. The summed E-state index contributed by atoms with van der Waals surface area (Å²) in [5.41, 5.74) is 0.729. The first kappa shape index (κ1) is 9.80. The monoisotopic (exact) mass is 200 g/mol. The van der Waals surface area contributed by atoms with Gasteiger partial charge in [0.2, 0.25) is 0 Å². The lowest BCUT2D eigenvalue weighted by atomic mass is 10.4. The first-order valence-corrected chi connectivity index (χ1v) is 4.02. The molecule has 0 bridgehead atoms. The number of hydrogen-bond donors (Lipinski definition) is 1. The smallest absolute Gasteiger partial charge is 0.323 e. The van der Waals surface area contributed by atoms with Gasteiger partial charge in [-0.2, -0.15) is 0 Å². The Kier molecular flexibility index (Phi) is 3.08. The molecule has 0 radical (unpaired) electrons. The molecule has 0 aliphatic carbocycles. The van der Waals surface area contributed by atoms with Gasteiger partial charge in [-0.1, -0.05) is 11.6 Å². The molecule has 0 aliphatic rings. The lowest BCUT2D eigenvalue weighted by Crippen LogP contribution is -2.25. The van der Waals surface area contributed by atoms with Crippen molar-refractivity contribution in [3.05, 3.63) is 23.5 Å². The van der Waals surface area contributed by atoms with Gasteiger partial charge in [-0.25, -0.2) is 4.98 Å². The van der Waals surface area contributed by atoms with E-state index in [9.17, 15) is 4.79 Å². The van der Waals surface area contributed by atoms with Crippen LogP contribution in [-0.4, -0.2) is 29.7 Å². The number of hydrogen-bond acceptors (Lipinski definition) is 3. The molecule has 0 saturated carbocycles. The van der Waals surface area contributed by atoms with Gasteiger partial charge in [-0.15, -0.1) is 0 Å². The zero-order chi connectivity index (χ0) is 9.84. The zero-order valence-electron chi connectivity index (χ0n) is 7.07. The van der Waals surface area contributed by atoms with Crippen molar-refractivity contribution in [1.29, 1.82) is 0 Å². The molecule has 0 amide bonds. The maximum Gasteiger partial charge on any atom is 0.323 e. The van der Waals surface area contributed by atoms with Gasteiger partial charge in [-0.05, 0) is 12.1 Å². The highest BCUT2D eigenvalue weighted by molar-refractivity contribution is 6.29. The third-order valence-electron chi connectivity index (χ3n) is 1.52. The average molecular weight is 201 g/mol. The second-order valence-electron chi connectivity index (χ2n) is 2.59. The van der Waals surface area contributed by atoms with Crippen molar-refractivity contribution in [1.82, 2.24) is 4.98 Å². The molecule has 1 rings (SSSR count).